The lowest BCUT2D eigenvalue weighted by atomic mass is 9.84. The first-order valence-corrected chi connectivity index (χ1v) is 14.8. The van der Waals surface area contributed by atoms with Crippen LogP contribution in [0.3, 0.4) is 0 Å². The van der Waals surface area contributed by atoms with Crippen LogP contribution in [0.15, 0.2) is 24.3 Å². The summed E-state index contributed by atoms with van der Waals surface area (Å²) in [4.78, 5) is 37.9. The Bertz CT molecular complexity index is 1080. The molecule has 1 aliphatic heterocycles. The highest BCUT2D eigenvalue weighted by atomic mass is 35.5. The molecule has 2 aliphatic rings. The minimum absolute atomic E-state index is 0.0465. The van der Waals surface area contributed by atoms with Crippen molar-refractivity contribution in [1.29, 1.82) is 0 Å². The molecule has 3 amide bonds. The second kappa shape index (κ2) is 14.1. The van der Waals surface area contributed by atoms with Gasteiger partial charge in [0.1, 0.15) is 6.04 Å². The molecule has 1 heterocycles. The van der Waals surface area contributed by atoms with Gasteiger partial charge in [0, 0.05) is 23.9 Å². The molecule has 2 fully saturated rings. The number of carbonyl (C=O) groups is 3. The predicted molar refractivity (Wildman–Crippen MR) is 140 cm³/mol. The second-order valence-corrected chi connectivity index (χ2v) is 11.9. The molecule has 0 spiro atoms. The van der Waals surface area contributed by atoms with Crippen LogP contribution in [0.4, 0.5) is 4.79 Å². The Hall–Kier alpha value is -2.41. The van der Waals surface area contributed by atoms with Gasteiger partial charge in [-0.3, -0.25) is 14.1 Å². The molecule has 11 nitrogen and oxygen atoms in total. The molecule has 0 aromatic heterocycles. The number of ether oxygens (including phenoxy) is 1. The number of halogens is 1. The van der Waals surface area contributed by atoms with Gasteiger partial charge in [0.2, 0.25) is 17.3 Å². The highest BCUT2D eigenvalue weighted by molar-refractivity contribution is 7.86. The molecule has 5 N–H and O–H groups in total. The number of aliphatic hydroxyl groups excluding tert-OH is 1. The van der Waals surface area contributed by atoms with Crippen LogP contribution in [-0.4, -0.2) is 66.7 Å². The van der Waals surface area contributed by atoms with Gasteiger partial charge in [-0.15, -0.1) is 0 Å². The van der Waals surface area contributed by atoms with Gasteiger partial charge in [-0.1, -0.05) is 55.8 Å². The summed E-state index contributed by atoms with van der Waals surface area (Å²) in [5.41, 5.74) is -1.46. The molecule has 1 saturated carbocycles. The second-order valence-electron chi connectivity index (χ2n) is 9.99. The Morgan fingerprint density at radius 1 is 1.13 bits per heavy atom. The molecule has 4 atom stereocenters. The van der Waals surface area contributed by atoms with Gasteiger partial charge in [-0.2, -0.15) is 8.42 Å². The van der Waals surface area contributed by atoms with Crippen LogP contribution in [0.5, 0.6) is 0 Å². The van der Waals surface area contributed by atoms with E-state index in [1.165, 1.54) is 0 Å². The summed E-state index contributed by atoms with van der Waals surface area (Å²) in [6.45, 7) is 0.434. The lowest BCUT2D eigenvalue weighted by Crippen LogP contribution is -2.55. The molecule has 0 radical (unpaired) electrons. The van der Waals surface area contributed by atoms with Crippen LogP contribution in [0.2, 0.25) is 5.02 Å². The van der Waals surface area contributed by atoms with E-state index in [0.29, 0.717) is 30.8 Å². The van der Waals surface area contributed by atoms with Crippen molar-refractivity contribution in [2.75, 3.05) is 13.2 Å². The number of carbonyl (C=O) groups excluding carboxylic acids is 3. The summed E-state index contributed by atoms with van der Waals surface area (Å²) in [5, 5.41) is 18.5. The van der Waals surface area contributed by atoms with Crippen molar-refractivity contribution in [3.8, 4) is 0 Å². The average Bonchev–Trinajstić information content (AvgIpc) is 3.27. The molecule has 212 valence electrons. The summed E-state index contributed by atoms with van der Waals surface area (Å²) in [5.74, 6) is -1.53. The summed E-state index contributed by atoms with van der Waals surface area (Å²) >= 11 is 5.98. The Labute approximate surface area is 227 Å². The Morgan fingerprint density at radius 2 is 1.87 bits per heavy atom. The highest BCUT2D eigenvalue weighted by Gasteiger charge is 2.38. The third kappa shape index (κ3) is 9.40. The summed E-state index contributed by atoms with van der Waals surface area (Å²) in [6.07, 6.45) is 4.97. The van der Waals surface area contributed by atoms with Gasteiger partial charge in [0.25, 0.3) is 10.1 Å². The largest absolute Gasteiger partial charge is 0.449 e. The van der Waals surface area contributed by atoms with Crippen LogP contribution in [0.25, 0.3) is 0 Å². The summed E-state index contributed by atoms with van der Waals surface area (Å²) in [7, 11) is -4.94. The van der Waals surface area contributed by atoms with Crippen molar-refractivity contribution in [1.82, 2.24) is 16.0 Å². The van der Waals surface area contributed by atoms with E-state index in [1.54, 1.807) is 18.2 Å². The predicted octanol–water partition coefficient (Wildman–Crippen LogP) is 2.16. The van der Waals surface area contributed by atoms with Gasteiger partial charge in [-0.05, 0) is 42.9 Å². The fraction of sp³-hybridized carbons (Fsp3) is 0.640. The molecule has 1 unspecified atom stereocenters. The standard InChI is InChI=1S/C25H36ClN3O8S/c26-19-8-4-7-17(13-19)10-12-37-25(33)29-20(14-16-5-2-1-3-6-16)23(31)28-21(24(32)38(34,35)36)15-18-9-11-27-22(18)30/h4,7-8,13,16,18,20-21,24,32H,1-3,5-6,9-12,14-15H2,(H,27,30)(H,28,31)(H,29,33)(H,34,35,36)/t18-,20-,21-,24?/m0/s1. The summed E-state index contributed by atoms with van der Waals surface area (Å²) in [6, 6.07) is 4.60. The monoisotopic (exact) mass is 573 g/mol. The lowest BCUT2D eigenvalue weighted by Gasteiger charge is -2.29. The minimum atomic E-state index is -4.94. The minimum Gasteiger partial charge on any atom is -0.449 e. The van der Waals surface area contributed by atoms with Gasteiger partial charge in [0.15, 0.2) is 0 Å². The fourth-order valence-corrected chi connectivity index (χ4v) is 5.85. The van der Waals surface area contributed by atoms with Crippen molar-refractivity contribution in [3.63, 3.8) is 0 Å². The number of alkyl carbamates (subject to hydrolysis) is 1. The normalized spacial score (nSPS) is 20.7. The first-order valence-electron chi connectivity index (χ1n) is 12.9. The lowest BCUT2D eigenvalue weighted by molar-refractivity contribution is -0.126. The Balaban J connectivity index is 1.67. The van der Waals surface area contributed by atoms with Crippen LogP contribution in [0, 0.1) is 11.8 Å². The molecule has 1 aliphatic carbocycles. The van der Waals surface area contributed by atoms with Crippen molar-refractivity contribution in [2.24, 2.45) is 11.8 Å². The smallest absolute Gasteiger partial charge is 0.407 e. The van der Waals surface area contributed by atoms with Gasteiger partial charge < -0.3 is 25.8 Å². The number of hydrogen-bond acceptors (Lipinski definition) is 7. The zero-order valence-electron chi connectivity index (χ0n) is 21.1. The number of amides is 3. The molecule has 3 rings (SSSR count). The van der Waals surface area contributed by atoms with E-state index in [9.17, 15) is 32.5 Å². The quantitative estimate of drug-likeness (QED) is 0.237. The molecule has 13 heteroatoms. The van der Waals surface area contributed by atoms with E-state index < -0.39 is 45.6 Å². The molecule has 1 saturated heterocycles. The van der Waals surface area contributed by atoms with E-state index in [2.05, 4.69) is 16.0 Å². The Kier molecular flexibility index (Phi) is 11.2. The van der Waals surface area contributed by atoms with E-state index in [4.69, 9.17) is 16.3 Å². The maximum atomic E-state index is 13.3. The third-order valence-corrected chi connectivity index (χ3v) is 8.27. The zero-order chi connectivity index (χ0) is 27.7. The molecular formula is C25H36ClN3O8S. The van der Waals surface area contributed by atoms with E-state index >= 15 is 0 Å². The number of rotatable bonds is 12. The maximum absolute atomic E-state index is 13.3. The third-order valence-electron chi connectivity index (χ3n) is 7.09. The average molecular weight is 574 g/mol. The molecular weight excluding hydrogens is 538 g/mol. The molecule has 1 aromatic carbocycles. The first kappa shape index (κ1) is 30.1. The topological polar surface area (TPSA) is 171 Å². The van der Waals surface area contributed by atoms with Gasteiger partial charge in [-0.25, -0.2) is 4.79 Å². The van der Waals surface area contributed by atoms with Gasteiger partial charge in [0.05, 0.1) is 12.6 Å². The highest BCUT2D eigenvalue weighted by Crippen LogP contribution is 2.28. The number of hydrogen-bond donors (Lipinski definition) is 5. The van der Waals surface area contributed by atoms with E-state index in [0.717, 1.165) is 37.7 Å². The van der Waals surface area contributed by atoms with Crippen LogP contribution in [0.1, 0.15) is 56.9 Å². The van der Waals surface area contributed by atoms with E-state index in [-0.39, 0.29) is 24.9 Å². The number of aliphatic hydroxyl groups is 1. The fourth-order valence-electron chi connectivity index (χ4n) is 5.04. The molecule has 1 aromatic rings. The maximum Gasteiger partial charge on any atom is 0.407 e. The van der Waals surface area contributed by atoms with Crippen molar-refractivity contribution >= 4 is 39.6 Å². The summed E-state index contributed by atoms with van der Waals surface area (Å²) < 4.78 is 38.1. The van der Waals surface area contributed by atoms with Crippen molar-refractivity contribution < 1.29 is 37.2 Å². The van der Waals surface area contributed by atoms with Crippen LogP contribution in [-0.2, 0) is 30.9 Å². The van der Waals surface area contributed by atoms with Crippen molar-refractivity contribution in [2.45, 2.75) is 75.3 Å². The first-order chi connectivity index (χ1) is 18.0. The van der Waals surface area contributed by atoms with E-state index in [1.807, 2.05) is 6.07 Å². The zero-order valence-corrected chi connectivity index (χ0v) is 22.7. The Morgan fingerprint density at radius 3 is 2.50 bits per heavy atom. The van der Waals surface area contributed by atoms with Crippen LogP contribution < -0.4 is 16.0 Å². The number of nitrogens with one attached hydrogen (secondary N) is 3. The molecule has 0 bridgehead atoms. The number of benzene rings is 1. The van der Waals surface area contributed by atoms with Gasteiger partial charge >= 0.3 is 6.09 Å². The SMILES string of the molecule is O=C(N[C@@H](CC1CCCCC1)C(=O)N[C@@H](C[C@@H]1CCNC1=O)C(O)S(=O)(=O)O)OCCc1cccc(Cl)c1. The molecule has 38 heavy (non-hydrogen) atoms. The van der Waals surface area contributed by atoms with Crippen molar-refractivity contribution in [3.05, 3.63) is 34.9 Å². The van der Waals surface area contributed by atoms with Crippen LogP contribution >= 0.6 is 11.6 Å².